The molecule has 0 N–H and O–H groups in total. The predicted molar refractivity (Wildman–Crippen MR) is 48.1 cm³/mol. The van der Waals surface area contributed by atoms with E-state index in [0.717, 1.165) is 6.07 Å². The molecule has 0 bridgehead atoms. The van der Waals surface area contributed by atoms with Gasteiger partial charge < -0.3 is 9.58 Å². The summed E-state index contributed by atoms with van der Waals surface area (Å²) < 4.78 is 30.7. The van der Waals surface area contributed by atoms with E-state index < -0.39 is 11.6 Å². The molecular weight excluding hydrogens is 188 g/mol. The molecule has 0 unspecified atom stereocenters. The van der Waals surface area contributed by atoms with Crippen LogP contribution in [0.1, 0.15) is 5.56 Å². The van der Waals surface area contributed by atoms with Crippen molar-refractivity contribution in [1.82, 2.24) is 0 Å². The van der Waals surface area contributed by atoms with E-state index in [2.05, 4.69) is 4.85 Å². The molecule has 0 atom stereocenters. The number of methoxy groups -OCH3 is 1. The Bertz CT molecular complexity index is 371. The Balaban J connectivity index is 3.06. The highest BCUT2D eigenvalue weighted by Gasteiger charge is 2.12. The van der Waals surface area contributed by atoms with Crippen LogP contribution in [0.3, 0.4) is 0 Å². The zero-order valence-corrected chi connectivity index (χ0v) is 7.68. The molecule has 1 aromatic carbocycles. The fourth-order valence-electron chi connectivity index (χ4n) is 1.20. The molecule has 0 aliphatic carbocycles. The molecule has 4 heteroatoms. The van der Waals surface area contributed by atoms with Gasteiger partial charge in [0.2, 0.25) is 6.54 Å². The number of benzene rings is 1. The van der Waals surface area contributed by atoms with Gasteiger partial charge in [-0.15, -0.1) is 0 Å². The monoisotopic (exact) mass is 197 g/mol. The maximum Gasteiger partial charge on any atom is 0.218 e. The highest BCUT2D eigenvalue weighted by atomic mass is 19.1. The predicted octanol–water partition coefficient (Wildman–Crippen LogP) is 2.44. The van der Waals surface area contributed by atoms with Crippen LogP contribution in [0.4, 0.5) is 8.78 Å². The molecular formula is C10H9F2NO. The average molecular weight is 197 g/mol. The fourth-order valence-corrected chi connectivity index (χ4v) is 1.20. The third kappa shape index (κ3) is 2.19. The smallest absolute Gasteiger partial charge is 0.218 e. The van der Waals surface area contributed by atoms with Crippen molar-refractivity contribution < 1.29 is 13.5 Å². The summed E-state index contributed by atoms with van der Waals surface area (Å²) >= 11 is 0. The van der Waals surface area contributed by atoms with Crippen LogP contribution in [0.5, 0.6) is 5.75 Å². The number of hydrogen-bond acceptors (Lipinski definition) is 1. The van der Waals surface area contributed by atoms with Crippen molar-refractivity contribution in [3.05, 3.63) is 40.7 Å². The highest BCUT2D eigenvalue weighted by molar-refractivity contribution is 5.36. The van der Waals surface area contributed by atoms with E-state index in [0.29, 0.717) is 12.0 Å². The van der Waals surface area contributed by atoms with E-state index >= 15 is 0 Å². The second-order valence-corrected chi connectivity index (χ2v) is 2.71. The van der Waals surface area contributed by atoms with E-state index in [9.17, 15) is 8.78 Å². The first-order valence-electron chi connectivity index (χ1n) is 4.04. The Morgan fingerprint density at radius 1 is 1.43 bits per heavy atom. The Morgan fingerprint density at radius 3 is 2.71 bits per heavy atom. The van der Waals surface area contributed by atoms with Crippen molar-refractivity contribution in [2.45, 2.75) is 6.42 Å². The van der Waals surface area contributed by atoms with Crippen LogP contribution in [0.15, 0.2) is 12.1 Å². The summed E-state index contributed by atoms with van der Waals surface area (Å²) in [5, 5.41) is 0. The number of nitrogens with zero attached hydrogens (tertiary/aromatic N) is 1. The van der Waals surface area contributed by atoms with Crippen LogP contribution in [0.25, 0.3) is 4.85 Å². The minimum atomic E-state index is -0.729. The minimum absolute atomic E-state index is 0.0232. The number of halogens is 2. The zero-order valence-electron chi connectivity index (χ0n) is 7.68. The lowest BCUT2D eigenvalue weighted by molar-refractivity contribution is 0.379. The van der Waals surface area contributed by atoms with Crippen LogP contribution in [-0.4, -0.2) is 13.7 Å². The summed E-state index contributed by atoms with van der Waals surface area (Å²) in [5.74, 6) is -1.36. The number of ether oxygens (including phenoxy) is 1. The molecule has 0 radical (unpaired) electrons. The van der Waals surface area contributed by atoms with Gasteiger partial charge in [-0.05, 0) is 6.07 Å². The van der Waals surface area contributed by atoms with Crippen molar-refractivity contribution in [3.63, 3.8) is 0 Å². The summed E-state index contributed by atoms with van der Waals surface area (Å²) in [6.45, 7) is 6.78. The topological polar surface area (TPSA) is 13.6 Å². The Labute approximate surface area is 80.9 Å². The number of rotatable bonds is 3. The molecule has 14 heavy (non-hydrogen) atoms. The second-order valence-electron chi connectivity index (χ2n) is 2.71. The van der Waals surface area contributed by atoms with Gasteiger partial charge in [0.05, 0.1) is 7.11 Å². The Hall–Kier alpha value is -1.63. The summed E-state index contributed by atoms with van der Waals surface area (Å²) in [6, 6.07) is 1.95. The molecule has 1 rings (SSSR count). The molecule has 0 heterocycles. The van der Waals surface area contributed by atoms with Crippen LogP contribution < -0.4 is 4.74 Å². The maximum absolute atomic E-state index is 13.1. The average Bonchev–Trinajstić information content (AvgIpc) is 2.14. The molecule has 2 nitrogen and oxygen atoms in total. The van der Waals surface area contributed by atoms with Gasteiger partial charge in [-0.25, -0.2) is 15.4 Å². The largest absolute Gasteiger partial charge is 0.493 e. The van der Waals surface area contributed by atoms with Crippen molar-refractivity contribution in [1.29, 1.82) is 0 Å². The third-order valence-electron chi connectivity index (χ3n) is 1.78. The van der Waals surface area contributed by atoms with Crippen LogP contribution in [0.2, 0.25) is 0 Å². The lowest BCUT2D eigenvalue weighted by Gasteiger charge is -2.07. The Morgan fingerprint density at radius 2 is 2.14 bits per heavy atom. The van der Waals surface area contributed by atoms with Gasteiger partial charge in [-0.3, -0.25) is 0 Å². The van der Waals surface area contributed by atoms with Crippen molar-refractivity contribution in [2.75, 3.05) is 13.7 Å². The normalized spacial score (nSPS) is 9.57. The summed E-state index contributed by atoms with van der Waals surface area (Å²) in [6.07, 6.45) is 0.293. The molecule has 0 aliphatic rings. The molecule has 0 spiro atoms. The first-order chi connectivity index (χ1) is 6.69. The van der Waals surface area contributed by atoms with Crippen LogP contribution in [-0.2, 0) is 6.42 Å². The fraction of sp³-hybridized carbons (Fsp3) is 0.300. The molecule has 1 aromatic rings. The van der Waals surface area contributed by atoms with Gasteiger partial charge in [0.15, 0.2) is 11.6 Å². The molecule has 0 amide bonds. The van der Waals surface area contributed by atoms with E-state index in [-0.39, 0.29) is 12.3 Å². The van der Waals surface area contributed by atoms with Gasteiger partial charge >= 0.3 is 0 Å². The van der Waals surface area contributed by atoms with E-state index in [1.807, 2.05) is 0 Å². The maximum atomic E-state index is 13.1. The van der Waals surface area contributed by atoms with Crippen molar-refractivity contribution >= 4 is 0 Å². The lowest BCUT2D eigenvalue weighted by Crippen LogP contribution is -1.98. The first-order valence-corrected chi connectivity index (χ1v) is 4.04. The third-order valence-corrected chi connectivity index (χ3v) is 1.78. The lowest BCUT2D eigenvalue weighted by atomic mass is 10.1. The summed E-state index contributed by atoms with van der Waals surface area (Å²) in [7, 11) is 1.32. The standard InChI is InChI=1S/C10H9F2NO/c1-13-4-3-7-5-8(11)6-9(12)10(7)14-2/h5-6H,3-4H2,2H3. The van der Waals surface area contributed by atoms with E-state index in [1.165, 1.54) is 13.2 Å². The van der Waals surface area contributed by atoms with Crippen molar-refractivity contribution in [3.8, 4) is 5.75 Å². The Kier molecular flexibility index (Phi) is 3.41. The van der Waals surface area contributed by atoms with Gasteiger partial charge in [-0.2, -0.15) is 0 Å². The van der Waals surface area contributed by atoms with Gasteiger partial charge in [0.1, 0.15) is 5.82 Å². The SMILES string of the molecule is [C-]#[N+]CCc1cc(F)cc(F)c1OC. The van der Waals surface area contributed by atoms with E-state index in [4.69, 9.17) is 11.3 Å². The highest BCUT2D eigenvalue weighted by Crippen LogP contribution is 2.24. The van der Waals surface area contributed by atoms with E-state index in [1.54, 1.807) is 0 Å². The molecule has 0 aliphatic heterocycles. The summed E-state index contributed by atoms with van der Waals surface area (Å²) in [5.41, 5.74) is 0.390. The number of hydrogen-bond donors (Lipinski definition) is 0. The van der Waals surface area contributed by atoms with Gasteiger partial charge in [0, 0.05) is 18.1 Å². The van der Waals surface area contributed by atoms with Crippen LogP contribution in [0, 0.1) is 18.2 Å². The van der Waals surface area contributed by atoms with Crippen LogP contribution >= 0.6 is 0 Å². The molecule has 0 saturated heterocycles. The molecule has 74 valence electrons. The zero-order chi connectivity index (χ0) is 10.6. The van der Waals surface area contributed by atoms with Crippen molar-refractivity contribution in [2.24, 2.45) is 0 Å². The summed E-state index contributed by atoms with van der Waals surface area (Å²) in [4.78, 5) is 3.12. The molecule has 0 aromatic heterocycles. The molecule has 0 fully saturated rings. The molecule has 0 saturated carbocycles. The quantitative estimate of drug-likeness (QED) is 0.678. The second kappa shape index (κ2) is 4.56. The first kappa shape index (κ1) is 10.5. The van der Waals surface area contributed by atoms with Gasteiger partial charge in [0.25, 0.3) is 0 Å². The minimum Gasteiger partial charge on any atom is -0.493 e. The van der Waals surface area contributed by atoms with Gasteiger partial charge in [-0.1, -0.05) is 0 Å².